The maximum atomic E-state index is 10.9. The molecular formula is C15H25N3O3. The summed E-state index contributed by atoms with van der Waals surface area (Å²) in [5.74, 6) is 0.508. The van der Waals surface area contributed by atoms with Gasteiger partial charge in [0.15, 0.2) is 0 Å². The van der Waals surface area contributed by atoms with Crippen LogP contribution in [-0.4, -0.2) is 44.1 Å². The highest BCUT2D eigenvalue weighted by Crippen LogP contribution is 2.22. The fraction of sp³-hybridized carbons (Fsp3) is 0.600. The predicted molar refractivity (Wildman–Crippen MR) is 83.7 cm³/mol. The zero-order valence-corrected chi connectivity index (χ0v) is 13.5. The zero-order chi connectivity index (χ0) is 16.0. The predicted octanol–water partition coefficient (Wildman–Crippen LogP) is 2.28. The van der Waals surface area contributed by atoms with Crippen LogP contribution in [0.3, 0.4) is 0 Å². The van der Waals surface area contributed by atoms with Gasteiger partial charge in [-0.05, 0) is 31.1 Å². The second-order valence-electron chi connectivity index (χ2n) is 6.30. The number of methoxy groups -OCH3 is 1. The van der Waals surface area contributed by atoms with Crippen molar-refractivity contribution >= 4 is 5.69 Å². The van der Waals surface area contributed by atoms with Gasteiger partial charge in [0.25, 0.3) is 5.69 Å². The average Bonchev–Trinajstić information content (AvgIpc) is 2.36. The molecule has 0 aliphatic carbocycles. The van der Waals surface area contributed by atoms with Gasteiger partial charge in [-0.3, -0.25) is 10.1 Å². The van der Waals surface area contributed by atoms with E-state index in [0.717, 1.165) is 18.7 Å². The minimum Gasteiger partial charge on any atom is -0.496 e. The number of hydrogen-bond donors (Lipinski definition) is 1. The number of nitrogens with one attached hydrogen (secondary N) is 1. The molecule has 0 amide bonds. The van der Waals surface area contributed by atoms with Crippen LogP contribution in [0.2, 0.25) is 0 Å². The maximum absolute atomic E-state index is 10.9. The number of rotatable bonds is 8. The monoisotopic (exact) mass is 295 g/mol. The molecule has 0 unspecified atom stereocenters. The summed E-state index contributed by atoms with van der Waals surface area (Å²) in [6, 6.07) is 4.83. The zero-order valence-electron chi connectivity index (χ0n) is 13.5. The van der Waals surface area contributed by atoms with Gasteiger partial charge >= 0.3 is 0 Å². The van der Waals surface area contributed by atoms with E-state index in [9.17, 15) is 10.1 Å². The van der Waals surface area contributed by atoms with Crippen molar-refractivity contribution in [2.24, 2.45) is 5.41 Å². The van der Waals surface area contributed by atoms with E-state index in [0.29, 0.717) is 12.3 Å². The van der Waals surface area contributed by atoms with Gasteiger partial charge in [-0.25, -0.2) is 0 Å². The second-order valence-corrected chi connectivity index (χ2v) is 6.30. The molecule has 118 valence electrons. The van der Waals surface area contributed by atoms with E-state index >= 15 is 0 Å². The van der Waals surface area contributed by atoms with E-state index in [2.05, 4.69) is 24.1 Å². The SMILES string of the molecule is COc1cc(CNCC(C)(C)CN(C)C)cc([N+](=O)[O-])c1. The lowest BCUT2D eigenvalue weighted by Crippen LogP contribution is -2.37. The Morgan fingerprint density at radius 2 is 2.00 bits per heavy atom. The number of hydrogen-bond acceptors (Lipinski definition) is 5. The Balaban J connectivity index is 2.67. The lowest BCUT2D eigenvalue weighted by molar-refractivity contribution is -0.385. The summed E-state index contributed by atoms with van der Waals surface area (Å²) < 4.78 is 5.11. The summed E-state index contributed by atoms with van der Waals surface area (Å²) in [5, 5.41) is 14.3. The largest absolute Gasteiger partial charge is 0.496 e. The number of non-ortho nitro benzene ring substituents is 1. The van der Waals surface area contributed by atoms with Gasteiger partial charge in [0.05, 0.1) is 18.1 Å². The molecule has 1 rings (SSSR count). The molecule has 0 heterocycles. The Bertz CT molecular complexity index is 487. The Morgan fingerprint density at radius 3 is 2.52 bits per heavy atom. The standard InChI is InChI=1S/C15H25N3O3/c1-15(2,11-17(3)4)10-16-9-12-6-13(18(19)20)8-14(7-12)21-5/h6-8,16H,9-11H2,1-5H3. The third-order valence-electron chi connectivity index (χ3n) is 3.07. The molecule has 1 aromatic rings. The molecule has 0 aromatic heterocycles. The molecular weight excluding hydrogens is 270 g/mol. The average molecular weight is 295 g/mol. The summed E-state index contributed by atoms with van der Waals surface area (Å²) in [4.78, 5) is 12.6. The first-order chi connectivity index (χ1) is 9.73. The van der Waals surface area contributed by atoms with Gasteiger partial charge in [0, 0.05) is 25.7 Å². The highest BCUT2D eigenvalue weighted by atomic mass is 16.6. The summed E-state index contributed by atoms with van der Waals surface area (Å²) in [7, 11) is 5.61. The molecule has 1 N–H and O–H groups in total. The van der Waals surface area contributed by atoms with Crippen molar-refractivity contribution in [1.82, 2.24) is 10.2 Å². The molecule has 0 saturated carbocycles. The van der Waals surface area contributed by atoms with Gasteiger partial charge in [0.2, 0.25) is 0 Å². The molecule has 0 aliphatic heterocycles. The van der Waals surface area contributed by atoms with E-state index in [1.165, 1.54) is 13.2 Å². The van der Waals surface area contributed by atoms with Crippen LogP contribution in [0.4, 0.5) is 5.69 Å². The topological polar surface area (TPSA) is 67.6 Å². The summed E-state index contributed by atoms with van der Waals surface area (Å²) in [6.45, 7) is 6.76. The number of nitro groups is 1. The molecule has 1 aromatic carbocycles. The second kappa shape index (κ2) is 7.38. The van der Waals surface area contributed by atoms with Crippen LogP contribution in [0.25, 0.3) is 0 Å². The summed E-state index contributed by atoms with van der Waals surface area (Å²) >= 11 is 0. The Kier molecular flexibility index (Phi) is 6.11. The number of nitro benzene ring substituents is 1. The first kappa shape index (κ1) is 17.4. The van der Waals surface area contributed by atoms with E-state index in [4.69, 9.17) is 4.74 Å². The lowest BCUT2D eigenvalue weighted by atomic mass is 9.93. The third-order valence-corrected chi connectivity index (χ3v) is 3.07. The van der Waals surface area contributed by atoms with Crippen molar-refractivity contribution in [3.05, 3.63) is 33.9 Å². The van der Waals surface area contributed by atoms with Gasteiger partial charge < -0.3 is 15.0 Å². The van der Waals surface area contributed by atoms with Crippen molar-refractivity contribution in [2.45, 2.75) is 20.4 Å². The Labute approximate surface area is 126 Å². The molecule has 0 spiro atoms. The third kappa shape index (κ3) is 6.10. The molecule has 21 heavy (non-hydrogen) atoms. The number of benzene rings is 1. The van der Waals surface area contributed by atoms with Gasteiger partial charge in [-0.1, -0.05) is 13.8 Å². The van der Waals surface area contributed by atoms with Gasteiger partial charge in [-0.2, -0.15) is 0 Å². The van der Waals surface area contributed by atoms with Crippen molar-refractivity contribution in [1.29, 1.82) is 0 Å². The minimum atomic E-state index is -0.401. The van der Waals surface area contributed by atoms with Crippen LogP contribution in [0.5, 0.6) is 5.75 Å². The van der Waals surface area contributed by atoms with Crippen LogP contribution in [0.1, 0.15) is 19.4 Å². The molecule has 6 heteroatoms. The smallest absolute Gasteiger partial charge is 0.273 e. The molecule has 0 radical (unpaired) electrons. The van der Waals surface area contributed by atoms with Crippen LogP contribution >= 0.6 is 0 Å². The van der Waals surface area contributed by atoms with Crippen LogP contribution in [-0.2, 0) is 6.54 Å². The fourth-order valence-electron chi connectivity index (χ4n) is 2.43. The fourth-order valence-corrected chi connectivity index (χ4v) is 2.43. The van der Waals surface area contributed by atoms with Gasteiger partial charge in [-0.15, -0.1) is 0 Å². The normalized spacial score (nSPS) is 11.7. The van der Waals surface area contributed by atoms with E-state index in [1.807, 2.05) is 20.2 Å². The van der Waals surface area contributed by atoms with E-state index in [-0.39, 0.29) is 11.1 Å². The first-order valence-corrected chi connectivity index (χ1v) is 6.91. The first-order valence-electron chi connectivity index (χ1n) is 6.91. The van der Waals surface area contributed by atoms with Gasteiger partial charge in [0.1, 0.15) is 5.75 Å². The van der Waals surface area contributed by atoms with Crippen LogP contribution in [0, 0.1) is 15.5 Å². The molecule has 6 nitrogen and oxygen atoms in total. The van der Waals surface area contributed by atoms with Crippen molar-refractivity contribution in [3.63, 3.8) is 0 Å². The van der Waals surface area contributed by atoms with E-state index in [1.54, 1.807) is 6.07 Å². The molecule has 0 saturated heterocycles. The van der Waals surface area contributed by atoms with Crippen molar-refractivity contribution in [2.75, 3.05) is 34.3 Å². The lowest BCUT2D eigenvalue weighted by Gasteiger charge is -2.28. The Morgan fingerprint density at radius 1 is 1.33 bits per heavy atom. The number of nitrogens with zero attached hydrogens (tertiary/aromatic N) is 2. The molecule has 0 fully saturated rings. The summed E-state index contributed by atoms with van der Waals surface area (Å²) in [6.07, 6.45) is 0. The Hall–Kier alpha value is -1.66. The molecule has 0 atom stereocenters. The van der Waals surface area contributed by atoms with Crippen LogP contribution < -0.4 is 10.1 Å². The highest BCUT2D eigenvalue weighted by Gasteiger charge is 2.18. The highest BCUT2D eigenvalue weighted by molar-refractivity contribution is 5.42. The number of ether oxygens (including phenoxy) is 1. The molecule has 0 bridgehead atoms. The minimum absolute atomic E-state index is 0.0544. The van der Waals surface area contributed by atoms with Crippen LogP contribution in [0.15, 0.2) is 18.2 Å². The van der Waals surface area contributed by atoms with Crippen molar-refractivity contribution in [3.8, 4) is 5.75 Å². The molecule has 0 aliphatic rings. The van der Waals surface area contributed by atoms with Crippen molar-refractivity contribution < 1.29 is 9.66 Å². The quantitative estimate of drug-likeness (QED) is 0.588. The summed E-state index contributed by atoms with van der Waals surface area (Å²) in [5.41, 5.74) is 1.04. The van der Waals surface area contributed by atoms with E-state index < -0.39 is 4.92 Å². The maximum Gasteiger partial charge on any atom is 0.273 e.